The lowest BCUT2D eigenvalue weighted by Gasteiger charge is -2.20. The highest BCUT2D eigenvalue weighted by Gasteiger charge is 2.55. The number of hydrogen-bond acceptors (Lipinski definition) is 2. The van der Waals surface area contributed by atoms with E-state index in [1.807, 2.05) is 6.20 Å². The van der Waals surface area contributed by atoms with E-state index in [0.29, 0.717) is 6.04 Å². The summed E-state index contributed by atoms with van der Waals surface area (Å²) >= 11 is 6.46. The van der Waals surface area contributed by atoms with Crippen molar-refractivity contribution in [2.75, 3.05) is 6.54 Å². The Morgan fingerprint density at radius 1 is 1.35 bits per heavy atom. The van der Waals surface area contributed by atoms with Gasteiger partial charge in [-0.25, -0.2) is 0 Å². The monoisotopic (exact) mass is 295 g/mol. The fourth-order valence-electron chi connectivity index (χ4n) is 4.25. The molecule has 3 atom stereocenters. The molecule has 2 saturated carbocycles. The Balaban J connectivity index is 1.85. The van der Waals surface area contributed by atoms with Crippen LogP contribution in [0.5, 0.6) is 0 Å². The van der Waals surface area contributed by atoms with Crippen LogP contribution in [0, 0.1) is 17.8 Å². The molecule has 0 aliphatic heterocycles. The van der Waals surface area contributed by atoms with Crippen LogP contribution in [0.25, 0.3) is 0 Å². The van der Waals surface area contributed by atoms with Crippen LogP contribution in [0.3, 0.4) is 0 Å². The fourth-order valence-corrected chi connectivity index (χ4v) is 4.51. The summed E-state index contributed by atoms with van der Waals surface area (Å²) in [5.41, 5.74) is 1.23. The maximum atomic E-state index is 6.46. The molecule has 1 aromatic rings. The number of aryl methyl sites for hydroxylation is 1. The number of nitrogens with one attached hydrogen (secondary N) is 1. The number of fused-ring (bicyclic) bond motifs is 1. The summed E-state index contributed by atoms with van der Waals surface area (Å²) in [5, 5.41) is 9.02. The molecule has 112 valence electrons. The Hall–Kier alpha value is -0.540. The lowest BCUT2D eigenvalue weighted by molar-refractivity contribution is 0.416. The minimum absolute atomic E-state index is 0.398. The van der Waals surface area contributed by atoms with E-state index in [4.69, 9.17) is 11.6 Å². The molecule has 0 saturated heterocycles. The minimum Gasteiger partial charge on any atom is -0.309 e. The molecule has 0 radical (unpaired) electrons. The Morgan fingerprint density at radius 2 is 2.05 bits per heavy atom. The van der Waals surface area contributed by atoms with Crippen LogP contribution in [0.2, 0.25) is 5.02 Å². The molecular weight excluding hydrogens is 270 g/mol. The third kappa shape index (κ3) is 2.50. The van der Waals surface area contributed by atoms with Crippen LogP contribution in [0.15, 0.2) is 6.20 Å². The van der Waals surface area contributed by atoms with Gasteiger partial charge >= 0.3 is 0 Å². The number of hydrogen-bond donors (Lipinski definition) is 1. The Labute approximate surface area is 127 Å². The van der Waals surface area contributed by atoms with Gasteiger partial charge in [-0.15, -0.1) is 0 Å². The van der Waals surface area contributed by atoms with Gasteiger partial charge in [0.2, 0.25) is 0 Å². The molecule has 2 aliphatic carbocycles. The lowest BCUT2D eigenvalue weighted by atomic mass is 10.0. The zero-order chi connectivity index (χ0) is 14.1. The van der Waals surface area contributed by atoms with Gasteiger partial charge in [0.05, 0.1) is 23.0 Å². The average Bonchev–Trinajstić information content (AvgIpc) is 3.07. The Kier molecular flexibility index (Phi) is 4.37. The van der Waals surface area contributed by atoms with Crippen LogP contribution in [-0.2, 0) is 6.54 Å². The Morgan fingerprint density at radius 3 is 2.65 bits per heavy atom. The number of rotatable bonds is 6. The van der Waals surface area contributed by atoms with Crippen molar-refractivity contribution in [3.8, 4) is 0 Å². The normalized spacial score (nSPS) is 30.1. The van der Waals surface area contributed by atoms with Gasteiger partial charge in [-0.2, -0.15) is 5.10 Å². The van der Waals surface area contributed by atoms with Gasteiger partial charge in [0, 0.05) is 6.54 Å². The first-order chi connectivity index (χ1) is 9.77. The number of nitrogens with zero attached hydrogens (tertiary/aromatic N) is 2. The summed E-state index contributed by atoms with van der Waals surface area (Å²) < 4.78 is 2.12. The summed E-state index contributed by atoms with van der Waals surface area (Å²) in [4.78, 5) is 0. The summed E-state index contributed by atoms with van der Waals surface area (Å²) in [7, 11) is 0. The van der Waals surface area contributed by atoms with E-state index in [-0.39, 0.29) is 0 Å². The second-order valence-electron chi connectivity index (χ2n) is 6.33. The van der Waals surface area contributed by atoms with E-state index in [1.165, 1.54) is 31.4 Å². The van der Waals surface area contributed by atoms with Crippen molar-refractivity contribution >= 4 is 11.6 Å². The van der Waals surface area contributed by atoms with Crippen molar-refractivity contribution in [2.24, 2.45) is 17.8 Å². The van der Waals surface area contributed by atoms with Gasteiger partial charge in [0.15, 0.2) is 0 Å². The van der Waals surface area contributed by atoms with E-state index in [0.717, 1.165) is 42.3 Å². The first-order valence-electron chi connectivity index (χ1n) is 8.22. The first kappa shape index (κ1) is 14.4. The van der Waals surface area contributed by atoms with Gasteiger partial charge in [0.25, 0.3) is 0 Å². The van der Waals surface area contributed by atoms with Gasteiger partial charge in [-0.3, -0.25) is 4.68 Å². The van der Waals surface area contributed by atoms with E-state index in [2.05, 4.69) is 28.9 Å². The van der Waals surface area contributed by atoms with Crippen molar-refractivity contribution in [2.45, 2.75) is 58.5 Å². The van der Waals surface area contributed by atoms with Crippen LogP contribution < -0.4 is 5.32 Å². The predicted molar refractivity (Wildman–Crippen MR) is 82.9 cm³/mol. The molecule has 2 fully saturated rings. The second kappa shape index (κ2) is 6.07. The molecule has 4 heteroatoms. The topological polar surface area (TPSA) is 29.9 Å². The highest BCUT2D eigenvalue weighted by atomic mass is 35.5. The van der Waals surface area contributed by atoms with Gasteiger partial charge in [-0.1, -0.05) is 38.3 Å². The molecular formula is C16H26ClN3. The van der Waals surface area contributed by atoms with E-state index in [9.17, 15) is 0 Å². The van der Waals surface area contributed by atoms with Crippen molar-refractivity contribution in [3.05, 3.63) is 16.9 Å². The van der Waals surface area contributed by atoms with E-state index in [1.54, 1.807) is 0 Å². The number of aromatic nitrogens is 2. The fraction of sp³-hybridized carbons (Fsp3) is 0.812. The predicted octanol–water partition coefficient (Wildman–Crippen LogP) is 4.03. The van der Waals surface area contributed by atoms with Crippen LogP contribution in [0.4, 0.5) is 0 Å². The zero-order valence-corrected chi connectivity index (χ0v) is 13.4. The largest absolute Gasteiger partial charge is 0.309 e. The molecule has 1 aromatic heterocycles. The molecule has 0 bridgehead atoms. The zero-order valence-electron chi connectivity index (χ0n) is 12.6. The van der Waals surface area contributed by atoms with E-state index < -0.39 is 0 Å². The lowest BCUT2D eigenvalue weighted by Crippen LogP contribution is -2.27. The molecule has 0 aromatic carbocycles. The van der Waals surface area contributed by atoms with Crippen molar-refractivity contribution < 1.29 is 0 Å². The molecule has 3 unspecified atom stereocenters. The summed E-state index contributed by atoms with van der Waals surface area (Å²) in [6, 6.07) is 0.398. The quantitative estimate of drug-likeness (QED) is 0.858. The van der Waals surface area contributed by atoms with E-state index >= 15 is 0 Å². The molecule has 3 rings (SSSR count). The van der Waals surface area contributed by atoms with Crippen LogP contribution in [-0.4, -0.2) is 16.3 Å². The van der Waals surface area contributed by atoms with Crippen molar-refractivity contribution in [1.82, 2.24) is 15.1 Å². The first-order valence-corrected chi connectivity index (χ1v) is 8.60. The molecule has 20 heavy (non-hydrogen) atoms. The smallest absolute Gasteiger partial charge is 0.0834 e. The Bertz CT molecular complexity index is 445. The SMILES string of the molecule is CCCn1ncc(Cl)c1C(NCC)C1C2CCCCC21. The maximum absolute atomic E-state index is 6.46. The molecule has 2 aliphatic rings. The van der Waals surface area contributed by atoms with Crippen LogP contribution >= 0.6 is 11.6 Å². The van der Waals surface area contributed by atoms with Crippen LogP contribution in [0.1, 0.15) is 57.7 Å². The molecule has 3 nitrogen and oxygen atoms in total. The van der Waals surface area contributed by atoms with Gasteiger partial charge in [-0.05, 0) is 43.6 Å². The molecule has 0 amide bonds. The maximum Gasteiger partial charge on any atom is 0.0834 e. The van der Waals surface area contributed by atoms with Crippen molar-refractivity contribution in [3.63, 3.8) is 0 Å². The highest BCUT2D eigenvalue weighted by molar-refractivity contribution is 6.31. The summed E-state index contributed by atoms with van der Waals surface area (Å²) in [5.74, 6) is 2.63. The third-order valence-corrected chi connectivity index (χ3v) is 5.39. The van der Waals surface area contributed by atoms with Gasteiger partial charge in [0.1, 0.15) is 0 Å². The van der Waals surface area contributed by atoms with Crippen molar-refractivity contribution in [1.29, 1.82) is 0 Å². The summed E-state index contributed by atoms with van der Waals surface area (Å²) in [6.07, 6.45) is 8.58. The molecule has 0 spiro atoms. The third-order valence-electron chi connectivity index (χ3n) is 5.09. The summed E-state index contributed by atoms with van der Waals surface area (Å²) in [6.45, 7) is 6.34. The number of halogens is 1. The molecule has 1 N–H and O–H groups in total. The average molecular weight is 296 g/mol. The second-order valence-corrected chi connectivity index (χ2v) is 6.73. The standard InChI is InChI=1S/C16H26ClN3/c1-3-9-20-16(13(17)10-19-20)15(18-4-2)14-11-7-5-6-8-12(11)14/h10-12,14-15,18H,3-9H2,1-2H3. The van der Waals surface area contributed by atoms with Gasteiger partial charge < -0.3 is 5.32 Å². The molecule has 1 heterocycles. The minimum atomic E-state index is 0.398. The highest BCUT2D eigenvalue weighted by Crippen LogP contribution is 2.60.